The van der Waals surface area contributed by atoms with Gasteiger partial charge in [-0.05, 0) is 68.9 Å². The van der Waals surface area contributed by atoms with E-state index in [-0.39, 0.29) is 22.7 Å². The number of rotatable bonds is 7. The maximum absolute atomic E-state index is 13.3. The summed E-state index contributed by atoms with van der Waals surface area (Å²) in [5.74, 6) is 0.258. The van der Waals surface area contributed by atoms with Crippen LogP contribution in [-0.2, 0) is 36.0 Å². The van der Waals surface area contributed by atoms with Crippen LogP contribution < -0.4 is 15.0 Å². The minimum atomic E-state index is -3.86. The Labute approximate surface area is 194 Å². The maximum Gasteiger partial charge on any atom is 0.270 e. The van der Waals surface area contributed by atoms with Crippen molar-refractivity contribution in [2.45, 2.75) is 57.5 Å². The molecule has 1 N–H and O–H groups in total. The van der Waals surface area contributed by atoms with Gasteiger partial charge in [-0.25, -0.2) is 17.8 Å². The first kappa shape index (κ1) is 23.2. The van der Waals surface area contributed by atoms with E-state index >= 15 is 0 Å². The fraction of sp³-hybridized carbons (Fsp3) is 0.360. The van der Waals surface area contributed by atoms with E-state index in [0.29, 0.717) is 17.8 Å². The minimum absolute atomic E-state index is 0.0443. The lowest BCUT2D eigenvalue weighted by Crippen LogP contribution is -2.30. The zero-order valence-corrected chi connectivity index (χ0v) is 20.0. The second-order valence-corrected chi connectivity index (χ2v) is 10.0. The summed E-state index contributed by atoms with van der Waals surface area (Å²) in [6.07, 6.45) is 3.44. The normalized spacial score (nSPS) is 13.5. The van der Waals surface area contributed by atoms with Gasteiger partial charge in [0.25, 0.3) is 5.56 Å². The molecule has 0 fully saturated rings. The van der Waals surface area contributed by atoms with Crippen LogP contribution in [0, 0.1) is 6.92 Å². The van der Waals surface area contributed by atoms with Crippen LogP contribution in [0.4, 0.5) is 0 Å². The highest BCUT2D eigenvalue weighted by Crippen LogP contribution is 2.33. The van der Waals surface area contributed by atoms with Crippen LogP contribution in [0.2, 0.25) is 0 Å². The lowest BCUT2D eigenvalue weighted by atomic mass is 9.90. The van der Waals surface area contributed by atoms with Crippen LogP contribution in [-0.4, -0.2) is 25.3 Å². The molecule has 1 heterocycles. The summed E-state index contributed by atoms with van der Waals surface area (Å²) in [5, 5.41) is 4.60. The summed E-state index contributed by atoms with van der Waals surface area (Å²) < 4.78 is 36.0. The third kappa shape index (κ3) is 4.72. The third-order valence-electron chi connectivity index (χ3n) is 6.04. The Balaban J connectivity index is 1.77. The maximum atomic E-state index is 13.3. The number of ether oxygens (including phenoxy) is 1. The van der Waals surface area contributed by atoms with Crippen LogP contribution in [0.25, 0.3) is 11.3 Å². The van der Waals surface area contributed by atoms with Gasteiger partial charge >= 0.3 is 0 Å². The number of sulfonamides is 1. The number of aryl methyl sites for hydroxylation is 2. The van der Waals surface area contributed by atoms with Crippen LogP contribution in [0.3, 0.4) is 0 Å². The van der Waals surface area contributed by atoms with Crippen molar-refractivity contribution in [3.05, 3.63) is 75.1 Å². The first-order chi connectivity index (χ1) is 15.8. The highest BCUT2D eigenvalue weighted by Gasteiger charge is 2.24. The number of nitrogens with one attached hydrogen (secondary N) is 1. The molecule has 0 aliphatic heterocycles. The van der Waals surface area contributed by atoms with Crippen molar-refractivity contribution in [2.75, 3.05) is 7.11 Å². The van der Waals surface area contributed by atoms with Crippen molar-refractivity contribution in [3.63, 3.8) is 0 Å². The first-order valence-corrected chi connectivity index (χ1v) is 12.7. The number of methoxy groups -OCH3 is 1. The SMILES string of the molecule is CCn1nc(-c2ccc(OC)c(S(=O)(=O)NCc3cccc(C)c3)c2)c2c(c1=O)CCCC2. The van der Waals surface area contributed by atoms with Gasteiger partial charge in [-0.2, -0.15) is 5.10 Å². The Hall–Kier alpha value is -2.97. The lowest BCUT2D eigenvalue weighted by molar-refractivity contribution is 0.402. The molecule has 1 aliphatic rings. The average molecular weight is 468 g/mol. The Morgan fingerprint density at radius 2 is 1.85 bits per heavy atom. The molecule has 8 heteroatoms. The molecule has 0 radical (unpaired) electrons. The number of nitrogens with zero attached hydrogens (tertiary/aromatic N) is 2. The van der Waals surface area contributed by atoms with E-state index in [4.69, 9.17) is 4.74 Å². The molecule has 174 valence electrons. The van der Waals surface area contributed by atoms with E-state index in [2.05, 4.69) is 9.82 Å². The second kappa shape index (κ2) is 9.49. The molecule has 0 saturated heterocycles. The summed E-state index contributed by atoms with van der Waals surface area (Å²) in [7, 11) is -2.41. The van der Waals surface area contributed by atoms with E-state index in [9.17, 15) is 13.2 Å². The minimum Gasteiger partial charge on any atom is -0.495 e. The molecular formula is C25H29N3O4S. The van der Waals surface area contributed by atoms with Gasteiger partial charge < -0.3 is 4.74 Å². The highest BCUT2D eigenvalue weighted by atomic mass is 32.2. The van der Waals surface area contributed by atoms with Gasteiger partial charge in [0.1, 0.15) is 10.6 Å². The van der Waals surface area contributed by atoms with Gasteiger partial charge in [0.05, 0.1) is 12.8 Å². The van der Waals surface area contributed by atoms with Crippen molar-refractivity contribution in [3.8, 4) is 17.0 Å². The summed E-state index contributed by atoms with van der Waals surface area (Å²) in [6, 6.07) is 12.7. The van der Waals surface area contributed by atoms with Gasteiger partial charge in [-0.1, -0.05) is 29.8 Å². The topological polar surface area (TPSA) is 90.3 Å². The van der Waals surface area contributed by atoms with Crippen LogP contribution in [0.5, 0.6) is 5.75 Å². The molecule has 2 aromatic carbocycles. The Morgan fingerprint density at radius 1 is 1.09 bits per heavy atom. The van der Waals surface area contributed by atoms with Gasteiger partial charge in [-0.15, -0.1) is 0 Å². The molecule has 1 aliphatic carbocycles. The number of benzene rings is 2. The fourth-order valence-corrected chi connectivity index (χ4v) is 5.55. The molecule has 3 aromatic rings. The average Bonchev–Trinajstić information content (AvgIpc) is 2.83. The van der Waals surface area contributed by atoms with Crippen LogP contribution in [0.1, 0.15) is 42.0 Å². The number of hydrogen-bond acceptors (Lipinski definition) is 5. The van der Waals surface area contributed by atoms with E-state index in [1.165, 1.54) is 11.8 Å². The van der Waals surface area contributed by atoms with Crippen molar-refractivity contribution in [1.82, 2.24) is 14.5 Å². The fourth-order valence-electron chi connectivity index (χ4n) is 4.34. The summed E-state index contributed by atoms with van der Waals surface area (Å²) in [5.41, 5.74) is 4.95. The molecule has 7 nitrogen and oxygen atoms in total. The molecule has 0 bridgehead atoms. The first-order valence-electron chi connectivity index (χ1n) is 11.2. The quantitative estimate of drug-likeness (QED) is 0.573. The highest BCUT2D eigenvalue weighted by molar-refractivity contribution is 7.89. The van der Waals surface area contributed by atoms with E-state index < -0.39 is 10.0 Å². The van der Waals surface area contributed by atoms with Crippen LogP contribution in [0.15, 0.2) is 52.2 Å². The lowest BCUT2D eigenvalue weighted by Gasteiger charge is -2.20. The number of fused-ring (bicyclic) bond motifs is 1. The zero-order valence-electron chi connectivity index (χ0n) is 19.2. The van der Waals surface area contributed by atoms with Crippen molar-refractivity contribution in [1.29, 1.82) is 0 Å². The van der Waals surface area contributed by atoms with E-state index in [1.807, 2.05) is 38.1 Å². The molecule has 0 unspecified atom stereocenters. The Kier molecular flexibility index (Phi) is 6.67. The molecular weight excluding hydrogens is 438 g/mol. The molecule has 1 aromatic heterocycles. The monoisotopic (exact) mass is 467 g/mol. The van der Waals surface area contributed by atoms with Gasteiger partial charge in [-0.3, -0.25) is 4.79 Å². The largest absolute Gasteiger partial charge is 0.495 e. The molecule has 0 saturated carbocycles. The summed E-state index contributed by atoms with van der Waals surface area (Å²) >= 11 is 0. The summed E-state index contributed by atoms with van der Waals surface area (Å²) in [4.78, 5) is 12.8. The molecule has 4 rings (SSSR count). The molecule has 0 amide bonds. The van der Waals surface area contributed by atoms with Crippen molar-refractivity contribution < 1.29 is 13.2 Å². The third-order valence-corrected chi connectivity index (χ3v) is 7.46. The molecule has 33 heavy (non-hydrogen) atoms. The number of aromatic nitrogens is 2. The van der Waals surface area contributed by atoms with Gasteiger partial charge in [0, 0.05) is 24.2 Å². The standard InChI is InChI=1S/C25H29N3O4S/c1-4-28-25(29)21-11-6-5-10-20(21)24(27-28)19-12-13-22(32-3)23(15-19)33(30,31)26-16-18-9-7-8-17(2)14-18/h7-9,12-15,26H,4-6,10-11,16H2,1-3H3. The van der Waals surface area contributed by atoms with E-state index in [1.54, 1.807) is 18.2 Å². The Morgan fingerprint density at radius 3 is 2.55 bits per heavy atom. The predicted molar refractivity (Wildman–Crippen MR) is 128 cm³/mol. The zero-order chi connectivity index (χ0) is 23.6. The van der Waals surface area contributed by atoms with Gasteiger partial charge in [0.15, 0.2) is 0 Å². The second-order valence-electron chi connectivity index (χ2n) is 8.31. The van der Waals surface area contributed by atoms with Crippen LogP contribution >= 0.6 is 0 Å². The van der Waals surface area contributed by atoms with Crippen molar-refractivity contribution in [2.24, 2.45) is 0 Å². The Bertz CT molecular complexity index is 1350. The smallest absolute Gasteiger partial charge is 0.270 e. The molecule has 0 atom stereocenters. The summed E-state index contributed by atoms with van der Waals surface area (Å²) in [6.45, 7) is 4.48. The molecule has 0 spiro atoms. The van der Waals surface area contributed by atoms with E-state index in [0.717, 1.165) is 47.9 Å². The number of hydrogen-bond donors (Lipinski definition) is 1. The van der Waals surface area contributed by atoms with Gasteiger partial charge in [0.2, 0.25) is 10.0 Å². The predicted octanol–water partition coefficient (Wildman–Crippen LogP) is 3.60. The van der Waals surface area contributed by atoms with Crippen molar-refractivity contribution >= 4 is 10.0 Å².